The number of hydrogen-bond acceptors (Lipinski definition) is 3. The van der Waals surface area contributed by atoms with Gasteiger partial charge in [-0.25, -0.2) is 4.79 Å². The minimum Gasteiger partial charge on any atom is -0.479 e. The predicted octanol–water partition coefficient (Wildman–Crippen LogP) is 1.85. The number of benzene rings is 1. The van der Waals surface area contributed by atoms with E-state index in [1.54, 1.807) is 18.2 Å². The number of halogens is 2. The predicted molar refractivity (Wildman–Crippen MR) is 74.1 cm³/mol. The van der Waals surface area contributed by atoms with Crippen molar-refractivity contribution in [1.29, 1.82) is 0 Å². The van der Waals surface area contributed by atoms with E-state index in [1.807, 2.05) is 0 Å². The maximum Gasteiger partial charge on any atom is 0.334 e. The molecule has 1 fully saturated rings. The fourth-order valence-electron chi connectivity index (χ4n) is 1.99. The first-order chi connectivity index (χ1) is 9.49. The van der Waals surface area contributed by atoms with Crippen molar-refractivity contribution in [1.82, 2.24) is 4.90 Å². The zero-order valence-corrected chi connectivity index (χ0v) is 12.0. The van der Waals surface area contributed by atoms with Gasteiger partial charge in [0.15, 0.2) is 6.10 Å². The zero-order chi connectivity index (χ0) is 14.7. The van der Waals surface area contributed by atoms with E-state index in [0.29, 0.717) is 22.2 Å². The van der Waals surface area contributed by atoms with Crippen LogP contribution in [0.4, 0.5) is 0 Å². The summed E-state index contributed by atoms with van der Waals surface area (Å²) in [6.45, 7) is 0.611. The summed E-state index contributed by atoms with van der Waals surface area (Å²) in [7, 11) is 0. The number of nitrogens with zero attached hydrogens (tertiary/aromatic N) is 1. The van der Waals surface area contributed by atoms with E-state index < -0.39 is 12.1 Å². The number of morpholine rings is 1. The molecular weight excluding hydrogens is 305 g/mol. The van der Waals surface area contributed by atoms with Crippen LogP contribution in [-0.2, 0) is 20.7 Å². The summed E-state index contributed by atoms with van der Waals surface area (Å²) in [6, 6.07) is 5.03. The number of aliphatic carboxylic acids is 1. The maximum atomic E-state index is 12.2. The van der Waals surface area contributed by atoms with Gasteiger partial charge in [0.25, 0.3) is 0 Å². The van der Waals surface area contributed by atoms with Gasteiger partial charge in [-0.1, -0.05) is 29.3 Å². The Hall–Kier alpha value is -1.30. The average Bonchev–Trinajstić information content (AvgIpc) is 2.43. The van der Waals surface area contributed by atoms with Crippen molar-refractivity contribution in [2.75, 3.05) is 19.7 Å². The van der Waals surface area contributed by atoms with Gasteiger partial charge >= 0.3 is 5.97 Å². The van der Waals surface area contributed by atoms with Gasteiger partial charge in [-0.15, -0.1) is 0 Å². The molecule has 0 radical (unpaired) electrons. The van der Waals surface area contributed by atoms with Gasteiger partial charge in [-0.3, -0.25) is 4.79 Å². The second kappa shape index (κ2) is 6.43. The lowest BCUT2D eigenvalue weighted by atomic mass is 10.1. The van der Waals surface area contributed by atoms with Gasteiger partial charge in [0.1, 0.15) is 0 Å². The highest BCUT2D eigenvalue weighted by molar-refractivity contribution is 6.36. The van der Waals surface area contributed by atoms with Crippen LogP contribution in [0.1, 0.15) is 5.56 Å². The molecule has 1 amide bonds. The van der Waals surface area contributed by atoms with E-state index >= 15 is 0 Å². The Morgan fingerprint density at radius 1 is 1.35 bits per heavy atom. The highest BCUT2D eigenvalue weighted by Gasteiger charge is 2.29. The van der Waals surface area contributed by atoms with Crippen LogP contribution < -0.4 is 0 Å². The highest BCUT2D eigenvalue weighted by atomic mass is 35.5. The molecule has 1 aliphatic rings. The largest absolute Gasteiger partial charge is 0.479 e. The first-order valence-electron chi connectivity index (χ1n) is 6.04. The number of rotatable bonds is 3. The summed E-state index contributed by atoms with van der Waals surface area (Å²) in [4.78, 5) is 24.5. The quantitative estimate of drug-likeness (QED) is 0.923. The van der Waals surface area contributed by atoms with Crippen LogP contribution in [0.2, 0.25) is 10.0 Å². The Balaban J connectivity index is 2.06. The molecule has 5 nitrogen and oxygen atoms in total. The molecule has 1 heterocycles. The summed E-state index contributed by atoms with van der Waals surface area (Å²) < 4.78 is 5.07. The Bertz CT molecular complexity index is 515. The van der Waals surface area contributed by atoms with Gasteiger partial charge in [0.2, 0.25) is 5.91 Å². The number of amides is 1. The lowest BCUT2D eigenvalue weighted by molar-refractivity contribution is -0.159. The van der Waals surface area contributed by atoms with Gasteiger partial charge in [-0.2, -0.15) is 0 Å². The molecule has 1 aromatic carbocycles. The van der Waals surface area contributed by atoms with Gasteiger partial charge in [0, 0.05) is 16.6 Å². The third kappa shape index (κ3) is 3.42. The Morgan fingerprint density at radius 2 is 2.00 bits per heavy atom. The van der Waals surface area contributed by atoms with Crippen molar-refractivity contribution in [3.05, 3.63) is 33.8 Å². The lowest BCUT2D eigenvalue weighted by Crippen LogP contribution is -2.49. The number of carboxylic acids is 1. The van der Waals surface area contributed by atoms with Crippen LogP contribution in [0.25, 0.3) is 0 Å². The van der Waals surface area contributed by atoms with Gasteiger partial charge in [-0.05, 0) is 17.7 Å². The van der Waals surface area contributed by atoms with Crippen molar-refractivity contribution >= 4 is 35.1 Å². The van der Waals surface area contributed by atoms with Crippen molar-refractivity contribution in [2.24, 2.45) is 0 Å². The molecule has 0 spiro atoms. The molecule has 1 unspecified atom stereocenters. The van der Waals surface area contributed by atoms with Crippen LogP contribution in [0.3, 0.4) is 0 Å². The third-order valence-corrected chi connectivity index (χ3v) is 3.79. The van der Waals surface area contributed by atoms with Crippen molar-refractivity contribution in [3.8, 4) is 0 Å². The fourth-order valence-corrected chi connectivity index (χ4v) is 2.52. The molecule has 1 aromatic rings. The summed E-state index contributed by atoms with van der Waals surface area (Å²) in [5, 5.41) is 9.76. The maximum absolute atomic E-state index is 12.2. The molecule has 1 atom stereocenters. The van der Waals surface area contributed by atoms with E-state index in [2.05, 4.69) is 0 Å². The molecule has 2 rings (SSSR count). The van der Waals surface area contributed by atoms with E-state index in [1.165, 1.54) is 4.90 Å². The standard InChI is InChI=1S/C13H13Cl2NO4/c14-9-2-1-3-10(15)8(9)6-12(17)16-4-5-20-11(7-16)13(18)19/h1-3,11H,4-7H2,(H,18,19). The van der Waals surface area contributed by atoms with E-state index in [9.17, 15) is 9.59 Å². The smallest absolute Gasteiger partial charge is 0.334 e. The minimum atomic E-state index is -1.07. The topological polar surface area (TPSA) is 66.8 Å². The minimum absolute atomic E-state index is 0.0379. The van der Waals surface area contributed by atoms with Gasteiger partial charge < -0.3 is 14.7 Å². The molecule has 7 heteroatoms. The molecule has 1 saturated heterocycles. The number of carboxylic acid groups (broad SMARTS) is 1. The van der Waals surface area contributed by atoms with E-state index in [4.69, 9.17) is 33.0 Å². The van der Waals surface area contributed by atoms with Crippen LogP contribution in [0, 0.1) is 0 Å². The zero-order valence-electron chi connectivity index (χ0n) is 10.5. The molecule has 20 heavy (non-hydrogen) atoms. The summed E-state index contributed by atoms with van der Waals surface area (Å²) in [6.07, 6.45) is -0.931. The Kier molecular flexibility index (Phi) is 4.86. The summed E-state index contributed by atoms with van der Waals surface area (Å²) in [5.74, 6) is -1.28. The van der Waals surface area contributed by atoms with Crippen LogP contribution in [0.15, 0.2) is 18.2 Å². The molecular formula is C13H13Cl2NO4. The first kappa shape index (κ1) is 15.1. The second-order valence-corrected chi connectivity index (χ2v) is 5.23. The number of ether oxygens (including phenoxy) is 1. The summed E-state index contributed by atoms with van der Waals surface area (Å²) >= 11 is 12.0. The monoisotopic (exact) mass is 317 g/mol. The number of hydrogen-bond donors (Lipinski definition) is 1. The fraction of sp³-hybridized carbons (Fsp3) is 0.385. The molecule has 1 N–H and O–H groups in total. The molecule has 1 aliphatic heterocycles. The Morgan fingerprint density at radius 3 is 2.60 bits per heavy atom. The second-order valence-electron chi connectivity index (χ2n) is 4.41. The number of carbonyl (C=O) groups excluding carboxylic acids is 1. The average molecular weight is 318 g/mol. The SMILES string of the molecule is O=C(O)C1CN(C(=O)Cc2c(Cl)cccc2Cl)CCO1. The summed E-state index contributed by atoms with van der Waals surface area (Å²) in [5.41, 5.74) is 0.555. The molecule has 108 valence electrons. The normalized spacial score (nSPS) is 18.9. The van der Waals surface area contributed by atoms with Crippen molar-refractivity contribution in [2.45, 2.75) is 12.5 Å². The van der Waals surface area contributed by atoms with E-state index in [0.717, 1.165) is 0 Å². The van der Waals surface area contributed by atoms with Crippen LogP contribution in [-0.4, -0.2) is 47.7 Å². The molecule has 0 aliphatic carbocycles. The van der Waals surface area contributed by atoms with Crippen molar-refractivity contribution in [3.63, 3.8) is 0 Å². The Labute approximate surface area is 126 Å². The molecule has 0 aromatic heterocycles. The molecule has 0 saturated carbocycles. The van der Waals surface area contributed by atoms with Crippen LogP contribution >= 0.6 is 23.2 Å². The molecule has 0 bridgehead atoms. The number of carbonyl (C=O) groups is 2. The third-order valence-electron chi connectivity index (χ3n) is 3.08. The first-order valence-corrected chi connectivity index (χ1v) is 6.79. The van der Waals surface area contributed by atoms with Gasteiger partial charge in [0.05, 0.1) is 19.6 Å². The highest BCUT2D eigenvalue weighted by Crippen LogP contribution is 2.25. The van der Waals surface area contributed by atoms with E-state index in [-0.39, 0.29) is 25.5 Å². The van der Waals surface area contributed by atoms with Crippen molar-refractivity contribution < 1.29 is 19.4 Å². The van der Waals surface area contributed by atoms with Crippen LogP contribution in [0.5, 0.6) is 0 Å². The lowest BCUT2D eigenvalue weighted by Gasteiger charge is -2.31.